The summed E-state index contributed by atoms with van der Waals surface area (Å²) >= 11 is 6.02. The van der Waals surface area contributed by atoms with Crippen molar-refractivity contribution >= 4 is 45.3 Å². The van der Waals surface area contributed by atoms with Gasteiger partial charge in [-0.25, -0.2) is 17.5 Å². The Bertz CT molecular complexity index is 1110. The Morgan fingerprint density at radius 3 is 2.55 bits per heavy atom. The van der Waals surface area contributed by atoms with Crippen molar-refractivity contribution in [3.8, 4) is 11.5 Å². The van der Waals surface area contributed by atoms with Gasteiger partial charge in [0.15, 0.2) is 18.1 Å². The van der Waals surface area contributed by atoms with E-state index in [2.05, 4.69) is 5.32 Å². The Hall–Kier alpha value is -3.08. The van der Waals surface area contributed by atoms with Crippen molar-refractivity contribution in [1.82, 2.24) is 4.31 Å². The Morgan fingerprint density at radius 2 is 1.90 bits per heavy atom. The molecule has 0 aromatic heterocycles. The van der Waals surface area contributed by atoms with E-state index in [0.29, 0.717) is 5.56 Å². The van der Waals surface area contributed by atoms with Crippen LogP contribution in [0.25, 0.3) is 6.08 Å². The first-order valence-electron chi connectivity index (χ1n) is 8.78. The molecule has 166 valence electrons. The quantitative estimate of drug-likeness (QED) is 0.450. The first kappa shape index (κ1) is 24.2. The summed E-state index contributed by atoms with van der Waals surface area (Å²) in [6, 6.07) is 8.36. The molecule has 0 radical (unpaired) electrons. The zero-order valence-electron chi connectivity index (χ0n) is 17.0. The molecule has 2 rings (SSSR count). The Balaban J connectivity index is 1.98. The molecule has 2 aromatic rings. The standard InChI is InChI=1S/C20H21ClN2O7S/c1-23(2)31(27,28)14-6-7-15(21)16(11-14)22-19(25)12-30-20(26)9-5-13-4-8-17(24)18(10-13)29-3/h4-11,24H,12H2,1-3H3,(H,22,25). The molecule has 2 N–H and O–H groups in total. The van der Waals surface area contributed by atoms with Gasteiger partial charge in [0.1, 0.15) is 0 Å². The van der Waals surface area contributed by atoms with Crippen LogP contribution in [0.1, 0.15) is 5.56 Å². The number of methoxy groups -OCH3 is 1. The lowest BCUT2D eigenvalue weighted by molar-refractivity contribution is -0.142. The molecule has 1 amide bonds. The molecule has 0 atom stereocenters. The van der Waals surface area contributed by atoms with Crippen LogP contribution in [0, 0.1) is 0 Å². The summed E-state index contributed by atoms with van der Waals surface area (Å²) in [5.74, 6) is -1.28. The molecule has 0 saturated carbocycles. The highest BCUT2D eigenvalue weighted by atomic mass is 35.5. The van der Waals surface area contributed by atoms with Crippen LogP contribution >= 0.6 is 11.6 Å². The van der Waals surface area contributed by atoms with Gasteiger partial charge in [-0.1, -0.05) is 17.7 Å². The molecule has 2 aromatic carbocycles. The zero-order chi connectivity index (χ0) is 23.2. The number of nitrogens with one attached hydrogen (secondary N) is 1. The number of benzene rings is 2. The summed E-state index contributed by atoms with van der Waals surface area (Å²) in [4.78, 5) is 23.9. The lowest BCUT2D eigenvalue weighted by atomic mass is 10.2. The number of esters is 1. The number of hydrogen-bond acceptors (Lipinski definition) is 7. The molecule has 31 heavy (non-hydrogen) atoms. The number of rotatable bonds is 8. The van der Waals surface area contributed by atoms with Crippen LogP contribution in [0.3, 0.4) is 0 Å². The monoisotopic (exact) mass is 468 g/mol. The highest BCUT2D eigenvalue weighted by molar-refractivity contribution is 7.89. The van der Waals surface area contributed by atoms with Gasteiger partial charge in [0.2, 0.25) is 10.0 Å². The van der Waals surface area contributed by atoms with Crippen LogP contribution < -0.4 is 10.1 Å². The highest BCUT2D eigenvalue weighted by Gasteiger charge is 2.19. The number of sulfonamides is 1. The number of nitrogens with zero attached hydrogens (tertiary/aromatic N) is 1. The molecule has 0 aliphatic rings. The minimum Gasteiger partial charge on any atom is -0.504 e. The maximum atomic E-state index is 12.2. The number of phenols is 1. The SMILES string of the molecule is COc1cc(C=CC(=O)OCC(=O)Nc2cc(S(=O)(=O)N(C)C)ccc2Cl)ccc1O. The van der Waals surface area contributed by atoms with E-state index in [1.807, 2.05) is 0 Å². The van der Waals surface area contributed by atoms with E-state index in [1.54, 1.807) is 6.07 Å². The van der Waals surface area contributed by atoms with Crippen LogP contribution in [-0.2, 0) is 24.3 Å². The average molecular weight is 469 g/mol. The molecule has 0 fully saturated rings. The number of anilines is 1. The summed E-state index contributed by atoms with van der Waals surface area (Å²) in [6.45, 7) is -0.608. The van der Waals surface area contributed by atoms with E-state index < -0.39 is 28.5 Å². The Morgan fingerprint density at radius 1 is 1.19 bits per heavy atom. The van der Waals surface area contributed by atoms with Crippen LogP contribution in [0.2, 0.25) is 5.02 Å². The van der Waals surface area contributed by atoms with E-state index in [9.17, 15) is 23.1 Å². The van der Waals surface area contributed by atoms with Gasteiger partial charge >= 0.3 is 5.97 Å². The summed E-state index contributed by atoms with van der Waals surface area (Å²) in [5.41, 5.74) is 0.638. The van der Waals surface area contributed by atoms with Gasteiger partial charge in [-0.15, -0.1) is 0 Å². The predicted octanol–water partition coefficient (Wildman–Crippen LogP) is 2.50. The second kappa shape index (κ2) is 10.3. The number of amides is 1. The van der Waals surface area contributed by atoms with Gasteiger partial charge < -0.3 is 19.9 Å². The Labute approximate surface area is 184 Å². The Kier molecular flexibility index (Phi) is 8.03. The van der Waals surface area contributed by atoms with E-state index in [0.717, 1.165) is 10.4 Å². The van der Waals surface area contributed by atoms with Gasteiger partial charge in [0.25, 0.3) is 5.91 Å². The van der Waals surface area contributed by atoms with Crippen molar-refractivity contribution in [3.05, 3.63) is 53.1 Å². The molecule has 0 heterocycles. The minimum atomic E-state index is -3.71. The van der Waals surface area contributed by atoms with Gasteiger partial charge in [-0.2, -0.15) is 0 Å². The number of halogens is 1. The lowest BCUT2D eigenvalue weighted by Crippen LogP contribution is -2.23. The van der Waals surface area contributed by atoms with Crippen molar-refractivity contribution < 1.29 is 32.6 Å². The van der Waals surface area contributed by atoms with Gasteiger partial charge in [0.05, 0.1) is 22.7 Å². The number of hydrogen-bond donors (Lipinski definition) is 2. The molecular weight excluding hydrogens is 448 g/mol. The summed E-state index contributed by atoms with van der Waals surface area (Å²) < 4.78 is 35.3. The van der Waals surface area contributed by atoms with E-state index in [1.165, 1.54) is 57.6 Å². The van der Waals surface area contributed by atoms with Gasteiger partial charge in [-0.3, -0.25) is 4.79 Å². The maximum Gasteiger partial charge on any atom is 0.331 e. The average Bonchev–Trinajstić information content (AvgIpc) is 2.72. The molecule has 0 aliphatic carbocycles. The third-order valence-electron chi connectivity index (χ3n) is 3.95. The molecule has 0 aliphatic heterocycles. The molecule has 9 nitrogen and oxygen atoms in total. The van der Waals surface area contributed by atoms with Crippen LogP contribution in [0.15, 0.2) is 47.4 Å². The van der Waals surface area contributed by atoms with Gasteiger partial charge in [-0.05, 0) is 42.0 Å². The summed E-state index contributed by atoms with van der Waals surface area (Å²) in [5, 5.41) is 12.1. The van der Waals surface area contributed by atoms with Crippen molar-refractivity contribution in [2.24, 2.45) is 0 Å². The topological polar surface area (TPSA) is 122 Å². The number of phenolic OH excluding ortho intramolecular Hbond substituents is 1. The van der Waals surface area contributed by atoms with E-state index >= 15 is 0 Å². The normalized spacial score (nSPS) is 11.5. The number of carbonyl (C=O) groups is 2. The first-order chi connectivity index (χ1) is 14.5. The second-order valence-electron chi connectivity index (χ2n) is 6.35. The predicted molar refractivity (Wildman–Crippen MR) is 116 cm³/mol. The minimum absolute atomic E-state index is 0.0417. The van der Waals surface area contributed by atoms with Crippen molar-refractivity contribution in [2.45, 2.75) is 4.90 Å². The third-order valence-corrected chi connectivity index (χ3v) is 6.09. The molecular formula is C20H21ClN2O7S. The molecule has 11 heteroatoms. The number of aromatic hydroxyl groups is 1. The van der Waals surface area contributed by atoms with Crippen molar-refractivity contribution in [3.63, 3.8) is 0 Å². The first-order valence-corrected chi connectivity index (χ1v) is 10.6. The third kappa shape index (κ3) is 6.45. The lowest BCUT2D eigenvalue weighted by Gasteiger charge is -2.13. The highest BCUT2D eigenvalue weighted by Crippen LogP contribution is 2.27. The van der Waals surface area contributed by atoms with Crippen molar-refractivity contribution in [1.29, 1.82) is 0 Å². The maximum absolute atomic E-state index is 12.2. The molecule has 0 spiro atoms. The number of carbonyl (C=O) groups excluding carboxylic acids is 2. The van der Waals surface area contributed by atoms with E-state index in [4.69, 9.17) is 21.1 Å². The van der Waals surface area contributed by atoms with E-state index in [-0.39, 0.29) is 27.1 Å². The van der Waals surface area contributed by atoms with Crippen LogP contribution in [0.5, 0.6) is 11.5 Å². The smallest absolute Gasteiger partial charge is 0.331 e. The molecule has 0 unspecified atom stereocenters. The van der Waals surface area contributed by atoms with Crippen LogP contribution in [0.4, 0.5) is 5.69 Å². The fraction of sp³-hybridized carbons (Fsp3) is 0.200. The fourth-order valence-electron chi connectivity index (χ4n) is 2.30. The van der Waals surface area contributed by atoms with Crippen molar-refractivity contribution in [2.75, 3.05) is 33.1 Å². The molecule has 0 bridgehead atoms. The van der Waals surface area contributed by atoms with Gasteiger partial charge in [0, 0.05) is 20.2 Å². The zero-order valence-corrected chi connectivity index (χ0v) is 18.5. The summed E-state index contributed by atoms with van der Waals surface area (Å²) in [7, 11) is 0.438. The molecule has 0 saturated heterocycles. The second-order valence-corrected chi connectivity index (χ2v) is 8.91. The fourth-order valence-corrected chi connectivity index (χ4v) is 3.40. The largest absolute Gasteiger partial charge is 0.504 e. The number of ether oxygens (including phenoxy) is 2. The van der Waals surface area contributed by atoms with Crippen LogP contribution in [-0.4, -0.2) is 57.5 Å². The summed E-state index contributed by atoms with van der Waals surface area (Å²) in [6.07, 6.45) is 2.53.